The van der Waals surface area contributed by atoms with E-state index in [4.69, 9.17) is 9.47 Å². The van der Waals surface area contributed by atoms with Crippen LogP contribution in [0.15, 0.2) is 47.1 Å². The van der Waals surface area contributed by atoms with Gasteiger partial charge in [0.2, 0.25) is 0 Å². The van der Waals surface area contributed by atoms with Crippen molar-refractivity contribution >= 4 is 23.8 Å². The van der Waals surface area contributed by atoms with Gasteiger partial charge in [-0.15, -0.1) is 5.01 Å². The van der Waals surface area contributed by atoms with Crippen LogP contribution in [0.5, 0.6) is 5.75 Å². The molecule has 0 atom stereocenters. The highest BCUT2D eigenvalue weighted by Gasteiger charge is 2.35. The third-order valence-corrected chi connectivity index (χ3v) is 3.30. The molecule has 0 bridgehead atoms. The number of carbonyl (C=O) groups excluding carboxylic acids is 2. The normalized spacial score (nSPS) is 16.5. The third kappa shape index (κ3) is 4.79. The fourth-order valence-corrected chi connectivity index (χ4v) is 2.11. The molecule has 2 amide bonds. The molecule has 0 N–H and O–H groups in total. The van der Waals surface area contributed by atoms with Gasteiger partial charge < -0.3 is 9.47 Å². The van der Waals surface area contributed by atoms with Crippen LogP contribution in [-0.4, -0.2) is 35.4 Å². The molecule has 1 heterocycles. The first-order valence-corrected chi connectivity index (χ1v) is 7.87. The van der Waals surface area contributed by atoms with Crippen LogP contribution in [0.1, 0.15) is 33.3 Å². The first-order chi connectivity index (χ1) is 11.7. The molecule has 0 saturated heterocycles. The molecule has 6 heteroatoms. The Balaban J connectivity index is 2.10. The van der Waals surface area contributed by atoms with E-state index in [2.05, 4.69) is 5.10 Å². The molecule has 0 saturated carbocycles. The van der Waals surface area contributed by atoms with Crippen molar-refractivity contribution in [2.45, 2.75) is 33.3 Å². The van der Waals surface area contributed by atoms with Gasteiger partial charge in [-0.05, 0) is 51.5 Å². The zero-order valence-corrected chi connectivity index (χ0v) is 15.1. The summed E-state index contributed by atoms with van der Waals surface area (Å²) in [7, 11) is 1.61. The maximum absolute atomic E-state index is 12.4. The van der Waals surface area contributed by atoms with Gasteiger partial charge in [0.25, 0.3) is 5.91 Å². The number of hydrogen-bond donors (Lipinski definition) is 0. The quantitative estimate of drug-likeness (QED) is 0.784. The number of nitrogens with zero attached hydrogens (tertiary/aromatic N) is 2. The molecule has 0 unspecified atom stereocenters. The second-order valence-electron chi connectivity index (χ2n) is 6.50. The summed E-state index contributed by atoms with van der Waals surface area (Å²) in [5.74, 6) is 0.281. The number of hydrazone groups is 1. The molecule has 1 aliphatic rings. The van der Waals surface area contributed by atoms with Crippen molar-refractivity contribution in [1.29, 1.82) is 0 Å². The van der Waals surface area contributed by atoms with Crippen molar-refractivity contribution in [3.63, 3.8) is 0 Å². The van der Waals surface area contributed by atoms with Crippen molar-refractivity contribution in [1.82, 2.24) is 5.01 Å². The highest BCUT2D eigenvalue weighted by molar-refractivity contribution is 6.26. The predicted octanol–water partition coefficient (Wildman–Crippen LogP) is 3.79. The highest BCUT2D eigenvalue weighted by atomic mass is 16.6. The average Bonchev–Trinajstić information content (AvgIpc) is 2.82. The van der Waals surface area contributed by atoms with Crippen molar-refractivity contribution < 1.29 is 19.1 Å². The number of allylic oxidation sites excluding steroid dienone is 2. The molecule has 1 aromatic rings. The van der Waals surface area contributed by atoms with Crippen LogP contribution in [0.3, 0.4) is 0 Å². The molecule has 0 fully saturated rings. The zero-order valence-electron chi connectivity index (χ0n) is 15.1. The smallest absolute Gasteiger partial charge is 0.438 e. The lowest BCUT2D eigenvalue weighted by molar-refractivity contribution is -0.125. The van der Waals surface area contributed by atoms with Gasteiger partial charge in [-0.3, -0.25) is 4.79 Å². The van der Waals surface area contributed by atoms with E-state index in [0.717, 1.165) is 16.3 Å². The summed E-state index contributed by atoms with van der Waals surface area (Å²) in [5.41, 5.74) is 1.09. The molecule has 1 aliphatic heterocycles. The number of ether oxygens (including phenoxy) is 2. The van der Waals surface area contributed by atoms with Gasteiger partial charge in [-0.2, -0.15) is 5.10 Å². The first-order valence-electron chi connectivity index (χ1n) is 7.87. The number of hydrogen-bond acceptors (Lipinski definition) is 5. The number of imide groups is 1. The molecule has 25 heavy (non-hydrogen) atoms. The zero-order chi connectivity index (χ0) is 18.6. The monoisotopic (exact) mass is 342 g/mol. The number of rotatable bonds is 3. The van der Waals surface area contributed by atoms with E-state index in [9.17, 15) is 9.59 Å². The number of amides is 2. The Morgan fingerprint density at radius 2 is 1.84 bits per heavy atom. The summed E-state index contributed by atoms with van der Waals surface area (Å²) in [5, 5.41) is 4.75. The van der Waals surface area contributed by atoms with Crippen molar-refractivity contribution in [3.05, 3.63) is 47.6 Å². The summed E-state index contributed by atoms with van der Waals surface area (Å²) in [4.78, 5) is 24.4. The minimum Gasteiger partial charge on any atom is -0.497 e. The standard InChI is InChI=1S/C19H22N2O4/c1-13-16(8-6-7-14-9-11-15(24-5)12-10-14)17(22)21(20-13)18(23)25-19(2,3)4/h6-12H,1-5H3/b7-6+,16-8+. The van der Waals surface area contributed by atoms with E-state index < -0.39 is 17.6 Å². The fraction of sp³-hybridized carbons (Fsp3) is 0.316. The predicted molar refractivity (Wildman–Crippen MR) is 96.3 cm³/mol. The third-order valence-electron chi connectivity index (χ3n) is 3.30. The van der Waals surface area contributed by atoms with E-state index in [-0.39, 0.29) is 0 Å². The molecule has 0 radical (unpaired) electrons. The second kappa shape index (κ2) is 7.34. The van der Waals surface area contributed by atoms with Gasteiger partial charge in [0, 0.05) is 0 Å². The SMILES string of the molecule is COc1ccc(/C=C/C=C2/C(=O)N(C(=O)OC(C)(C)C)N=C2C)cc1. The molecule has 0 spiro atoms. The van der Waals surface area contributed by atoms with Gasteiger partial charge in [0.05, 0.1) is 18.4 Å². The van der Waals surface area contributed by atoms with Crippen LogP contribution in [0, 0.1) is 0 Å². The second-order valence-corrected chi connectivity index (χ2v) is 6.50. The molecular formula is C19H22N2O4. The van der Waals surface area contributed by atoms with Gasteiger partial charge in [0.15, 0.2) is 0 Å². The Hall–Kier alpha value is -2.89. The van der Waals surface area contributed by atoms with Crippen molar-refractivity contribution in [3.8, 4) is 5.75 Å². The van der Waals surface area contributed by atoms with Crippen LogP contribution in [0.25, 0.3) is 6.08 Å². The number of carbonyl (C=O) groups is 2. The van der Waals surface area contributed by atoms with Gasteiger partial charge >= 0.3 is 6.09 Å². The maximum atomic E-state index is 12.4. The molecular weight excluding hydrogens is 320 g/mol. The first kappa shape index (κ1) is 18.4. The average molecular weight is 342 g/mol. The summed E-state index contributed by atoms with van der Waals surface area (Å²) in [6.45, 7) is 6.87. The minimum absolute atomic E-state index is 0.357. The topological polar surface area (TPSA) is 68.2 Å². The minimum atomic E-state index is -0.778. The molecule has 0 aliphatic carbocycles. The molecule has 0 aromatic heterocycles. The van der Waals surface area contributed by atoms with Crippen molar-refractivity contribution in [2.24, 2.45) is 5.10 Å². The van der Waals surface area contributed by atoms with Gasteiger partial charge in [-0.25, -0.2) is 4.79 Å². The Bertz CT molecular complexity index is 753. The van der Waals surface area contributed by atoms with Crippen LogP contribution in [0.4, 0.5) is 4.79 Å². The Labute approximate surface area is 147 Å². The Morgan fingerprint density at radius 1 is 1.20 bits per heavy atom. The summed E-state index contributed by atoms with van der Waals surface area (Å²) in [6.07, 6.45) is 4.45. The fourth-order valence-electron chi connectivity index (χ4n) is 2.11. The number of methoxy groups -OCH3 is 1. The molecule has 132 valence electrons. The van der Waals surface area contributed by atoms with Crippen LogP contribution < -0.4 is 4.74 Å². The van der Waals surface area contributed by atoms with Gasteiger partial charge in [-0.1, -0.05) is 24.3 Å². The lowest BCUT2D eigenvalue weighted by Gasteiger charge is -2.21. The summed E-state index contributed by atoms with van der Waals surface area (Å²) in [6, 6.07) is 7.51. The lowest BCUT2D eigenvalue weighted by atomic mass is 10.1. The highest BCUT2D eigenvalue weighted by Crippen LogP contribution is 2.19. The largest absolute Gasteiger partial charge is 0.497 e. The van der Waals surface area contributed by atoms with E-state index in [0.29, 0.717) is 11.3 Å². The van der Waals surface area contributed by atoms with E-state index in [1.54, 1.807) is 47.0 Å². The van der Waals surface area contributed by atoms with Crippen LogP contribution in [0.2, 0.25) is 0 Å². The number of benzene rings is 1. The van der Waals surface area contributed by atoms with E-state index >= 15 is 0 Å². The van der Waals surface area contributed by atoms with Crippen molar-refractivity contribution in [2.75, 3.05) is 7.11 Å². The molecule has 1 aromatic carbocycles. The molecule has 6 nitrogen and oxygen atoms in total. The lowest BCUT2D eigenvalue weighted by Crippen LogP contribution is -2.35. The van der Waals surface area contributed by atoms with Crippen LogP contribution >= 0.6 is 0 Å². The molecule has 2 rings (SSSR count). The van der Waals surface area contributed by atoms with Crippen LogP contribution in [-0.2, 0) is 9.53 Å². The maximum Gasteiger partial charge on any atom is 0.438 e. The Kier molecular flexibility index (Phi) is 5.41. The van der Waals surface area contributed by atoms with E-state index in [1.807, 2.05) is 30.3 Å². The Morgan fingerprint density at radius 3 is 2.40 bits per heavy atom. The summed E-state index contributed by atoms with van der Waals surface area (Å²) < 4.78 is 10.3. The van der Waals surface area contributed by atoms with E-state index in [1.165, 1.54) is 0 Å². The van der Waals surface area contributed by atoms with Gasteiger partial charge in [0.1, 0.15) is 11.4 Å². The summed E-state index contributed by atoms with van der Waals surface area (Å²) >= 11 is 0.